The van der Waals surface area contributed by atoms with E-state index in [1.54, 1.807) is 6.07 Å². The van der Waals surface area contributed by atoms with Crippen LogP contribution in [0.2, 0.25) is 23.3 Å². The van der Waals surface area contributed by atoms with E-state index in [-0.39, 0.29) is 21.5 Å². The Hall–Kier alpha value is -2.35. The highest BCUT2D eigenvalue weighted by atomic mass is 35.5. The second-order valence-corrected chi connectivity index (χ2v) is 13.9. The maximum atomic E-state index is 13.0. The van der Waals surface area contributed by atoms with Crippen molar-refractivity contribution in [2.75, 3.05) is 0 Å². The number of carbonyl (C=O) groups excluding carboxylic acids is 1. The fraction of sp³-hybridized carbons (Fsp3) is 0.364. The molecule has 2 aromatic heterocycles. The van der Waals surface area contributed by atoms with Crippen LogP contribution < -0.4 is 0 Å². The zero-order chi connectivity index (χ0) is 21.9. The van der Waals surface area contributed by atoms with E-state index >= 15 is 0 Å². The van der Waals surface area contributed by atoms with Crippen molar-refractivity contribution in [2.24, 2.45) is 0 Å². The zero-order valence-corrected chi connectivity index (χ0v) is 19.8. The topological polar surface area (TPSA) is 69.9 Å². The molecule has 3 aromatic rings. The third kappa shape index (κ3) is 5.03. The second kappa shape index (κ2) is 8.79. The fourth-order valence-electron chi connectivity index (χ4n) is 2.65. The molecule has 0 aliphatic carbocycles. The summed E-state index contributed by atoms with van der Waals surface area (Å²) in [5.74, 6) is -0.305. The van der Waals surface area contributed by atoms with E-state index in [1.807, 2.05) is 35.0 Å². The van der Waals surface area contributed by atoms with Crippen LogP contribution in [0.25, 0.3) is 0 Å². The molecule has 2 heterocycles. The van der Waals surface area contributed by atoms with Crippen LogP contribution in [0.3, 0.4) is 0 Å². The molecule has 0 radical (unpaired) electrons. The Kier molecular flexibility index (Phi) is 6.55. The Morgan fingerprint density at radius 1 is 1.20 bits per heavy atom. The third-order valence-corrected chi connectivity index (χ3v) is 10.3. The number of aromatic nitrogens is 4. The Balaban J connectivity index is 1.93. The van der Waals surface area contributed by atoms with Gasteiger partial charge in [-0.05, 0) is 29.8 Å². The summed E-state index contributed by atoms with van der Waals surface area (Å²) in [7, 11) is -1.96. The molecule has 0 atom stereocenters. The zero-order valence-electron chi connectivity index (χ0n) is 18.0. The first kappa shape index (κ1) is 22.3. The van der Waals surface area contributed by atoms with Crippen molar-refractivity contribution >= 4 is 25.7 Å². The van der Waals surface area contributed by atoms with Crippen LogP contribution in [0.15, 0.2) is 48.9 Å². The Morgan fingerprint density at radius 3 is 2.53 bits per heavy atom. The van der Waals surface area contributed by atoms with E-state index in [0.717, 1.165) is 11.3 Å². The summed E-state index contributed by atoms with van der Waals surface area (Å²) < 4.78 is 8.22. The summed E-state index contributed by atoms with van der Waals surface area (Å²) in [5, 5.41) is 4.78. The van der Waals surface area contributed by atoms with Crippen molar-refractivity contribution in [3.63, 3.8) is 0 Å². The van der Waals surface area contributed by atoms with E-state index in [9.17, 15) is 4.79 Å². The number of benzene rings is 1. The number of ketones is 1. The standard InChI is InChI=1S/C22H27ClN4O2Si/c1-22(2,3)30(4,5)29-14-17-11-19(20(28)18-12-24-15-25-21(18)23)26-27(17)13-16-9-7-6-8-10-16/h6-12,15H,13-14H2,1-5H3. The van der Waals surface area contributed by atoms with Crippen LogP contribution in [0.4, 0.5) is 0 Å². The molecule has 0 spiro atoms. The quantitative estimate of drug-likeness (QED) is 0.288. The number of nitrogens with zero attached hydrogens (tertiary/aromatic N) is 4. The van der Waals surface area contributed by atoms with Crippen LogP contribution in [-0.4, -0.2) is 33.8 Å². The smallest absolute Gasteiger partial charge is 0.217 e. The maximum absolute atomic E-state index is 13.0. The monoisotopic (exact) mass is 442 g/mol. The lowest BCUT2D eigenvalue weighted by Crippen LogP contribution is -2.40. The molecule has 0 unspecified atom stereocenters. The Bertz CT molecular complexity index is 1030. The molecule has 0 N–H and O–H groups in total. The summed E-state index contributed by atoms with van der Waals surface area (Å²) in [6.45, 7) is 12.0. The van der Waals surface area contributed by atoms with Gasteiger partial charge in [-0.2, -0.15) is 5.10 Å². The molecule has 6 nitrogen and oxygen atoms in total. The van der Waals surface area contributed by atoms with Crippen LogP contribution in [0, 0.1) is 0 Å². The van der Waals surface area contributed by atoms with Crippen molar-refractivity contribution in [1.82, 2.24) is 19.7 Å². The molecule has 0 aliphatic heterocycles. The second-order valence-electron chi connectivity index (χ2n) is 8.77. The normalized spacial score (nSPS) is 12.2. The van der Waals surface area contributed by atoms with Gasteiger partial charge in [-0.1, -0.05) is 62.7 Å². The fourth-order valence-corrected chi connectivity index (χ4v) is 3.77. The first-order chi connectivity index (χ1) is 14.1. The minimum Gasteiger partial charge on any atom is -0.411 e. The highest BCUT2D eigenvalue weighted by Crippen LogP contribution is 2.37. The lowest BCUT2D eigenvalue weighted by Gasteiger charge is -2.36. The van der Waals surface area contributed by atoms with Crippen LogP contribution in [-0.2, 0) is 17.6 Å². The van der Waals surface area contributed by atoms with Gasteiger partial charge in [0, 0.05) is 6.20 Å². The van der Waals surface area contributed by atoms with Crippen molar-refractivity contribution < 1.29 is 9.22 Å². The number of hydrogen-bond donors (Lipinski definition) is 0. The molecular weight excluding hydrogens is 416 g/mol. The average molecular weight is 443 g/mol. The van der Waals surface area contributed by atoms with Crippen molar-refractivity contribution in [3.8, 4) is 0 Å². The van der Waals surface area contributed by atoms with Gasteiger partial charge >= 0.3 is 0 Å². The summed E-state index contributed by atoms with van der Waals surface area (Å²) in [6, 6.07) is 11.8. The van der Waals surface area contributed by atoms with Crippen LogP contribution in [0.5, 0.6) is 0 Å². The van der Waals surface area contributed by atoms with E-state index in [0.29, 0.717) is 18.8 Å². The van der Waals surface area contributed by atoms with Crippen molar-refractivity contribution in [1.29, 1.82) is 0 Å². The minimum atomic E-state index is -1.96. The van der Waals surface area contributed by atoms with Crippen LogP contribution >= 0.6 is 11.6 Å². The molecular formula is C22H27ClN4O2Si. The van der Waals surface area contributed by atoms with Crippen LogP contribution in [0.1, 0.15) is 48.1 Å². The molecule has 0 fully saturated rings. The maximum Gasteiger partial charge on any atom is 0.217 e. The third-order valence-electron chi connectivity index (χ3n) is 5.57. The van der Waals surface area contributed by atoms with E-state index in [4.69, 9.17) is 16.0 Å². The SMILES string of the molecule is CC(C)(C)[Si](C)(C)OCc1cc(C(=O)c2cncnc2Cl)nn1Cc1ccccc1. The minimum absolute atomic E-state index is 0.0881. The summed E-state index contributed by atoms with van der Waals surface area (Å²) in [6.07, 6.45) is 2.73. The highest BCUT2D eigenvalue weighted by Gasteiger charge is 2.37. The summed E-state index contributed by atoms with van der Waals surface area (Å²) >= 11 is 6.09. The number of halogens is 1. The molecule has 30 heavy (non-hydrogen) atoms. The van der Waals surface area contributed by atoms with E-state index < -0.39 is 8.32 Å². The molecule has 0 aliphatic rings. The lowest BCUT2D eigenvalue weighted by molar-refractivity contribution is 0.103. The Morgan fingerprint density at radius 2 is 1.90 bits per heavy atom. The van der Waals surface area contributed by atoms with Gasteiger partial charge < -0.3 is 4.43 Å². The highest BCUT2D eigenvalue weighted by molar-refractivity contribution is 6.74. The molecule has 0 saturated heterocycles. The van der Waals surface area contributed by atoms with Gasteiger partial charge in [-0.15, -0.1) is 0 Å². The number of hydrogen-bond acceptors (Lipinski definition) is 5. The first-order valence-electron chi connectivity index (χ1n) is 9.83. The molecule has 1 aromatic carbocycles. The van der Waals surface area contributed by atoms with Gasteiger partial charge in [-0.25, -0.2) is 9.97 Å². The summed E-state index contributed by atoms with van der Waals surface area (Å²) in [5.41, 5.74) is 2.48. The number of rotatable bonds is 7. The molecule has 0 saturated carbocycles. The van der Waals surface area contributed by atoms with Crippen molar-refractivity contribution in [2.45, 2.75) is 52.1 Å². The molecule has 158 valence electrons. The predicted octanol–water partition coefficient (Wildman–Crippen LogP) is 5.13. The predicted molar refractivity (Wildman–Crippen MR) is 120 cm³/mol. The van der Waals surface area contributed by atoms with E-state index in [1.165, 1.54) is 12.5 Å². The van der Waals surface area contributed by atoms with Gasteiger partial charge in [0.2, 0.25) is 5.78 Å². The van der Waals surface area contributed by atoms with Gasteiger partial charge in [0.05, 0.1) is 24.4 Å². The lowest BCUT2D eigenvalue weighted by atomic mass is 10.1. The summed E-state index contributed by atoms with van der Waals surface area (Å²) in [4.78, 5) is 20.8. The number of carbonyl (C=O) groups is 1. The van der Waals surface area contributed by atoms with Gasteiger partial charge in [0.15, 0.2) is 8.32 Å². The average Bonchev–Trinajstić information content (AvgIpc) is 3.09. The van der Waals surface area contributed by atoms with Crippen molar-refractivity contribution in [3.05, 3.63) is 76.6 Å². The van der Waals surface area contributed by atoms with Gasteiger partial charge in [0.1, 0.15) is 17.2 Å². The Labute approximate surface area is 183 Å². The molecule has 8 heteroatoms. The van der Waals surface area contributed by atoms with E-state index in [2.05, 4.69) is 48.9 Å². The molecule has 0 bridgehead atoms. The van der Waals surface area contributed by atoms with Gasteiger partial charge in [0.25, 0.3) is 0 Å². The molecule has 3 rings (SSSR count). The van der Waals surface area contributed by atoms with Gasteiger partial charge in [-0.3, -0.25) is 9.48 Å². The molecule has 0 amide bonds. The largest absolute Gasteiger partial charge is 0.411 e. The first-order valence-corrected chi connectivity index (χ1v) is 13.1.